The number of β-amino-alcohol motifs (C(OH)–C–C–N with tert-alkyl or cyclic N) is 1. The molecule has 0 fully saturated rings. The van der Waals surface area contributed by atoms with Gasteiger partial charge in [-0.2, -0.15) is 0 Å². The first-order valence-electron chi connectivity index (χ1n) is 16.1. The molecule has 0 unspecified atom stereocenters. The van der Waals surface area contributed by atoms with Gasteiger partial charge in [0.05, 0.1) is 17.7 Å². The van der Waals surface area contributed by atoms with Crippen LogP contribution in [0.25, 0.3) is 10.6 Å². The van der Waals surface area contributed by atoms with E-state index in [2.05, 4.69) is 20.9 Å². The van der Waals surface area contributed by atoms with Gasteiger partial charge in [0.1, 0.15) is 22.9 Å². The maximum atomic E-state index is 14.1. The Bertz CT molecular complexity index is 1450. The largest absolute Gasteiger partial charge is 0.390 e. The minimum atomic E-state index is -1.26. The van der Waals surface area contributed by atoms with E-state index < -0.39 is 35.2 Å². The minimum Gasteiger partial charge on any atom is -0.390 e. The van der Waals surface area contributed by atoms with Crippen LogP contribution in [0.4, 0.5) is 8.78 Å². The Kier molecular flexibility index (Phi) is 14.6. The summed E-state index contributed by atoms with van der Waals surface area (Å²) >= 11 is 1.37. The fourth-order valence-electron chi connectivity index (χ4n) is 5.17. The first-order valence-corrected chi connectivity index (χ1v) is 17.0. The van der Waals surface area contributed by atoms with Crippen molar-refractivity contribution in [1.82, 2.24) is 25.8 Å². The number of aromatic nitrogens is 1. The molecule has 1 heterocycles. The molecule has 0 aliphatic rings. The second-order valence-electron chi connectivity index (χ2n) is 12.5. The smallest absolute Gasteiger partial charge is 0.253 e. The van der Waals surface area contributed by atoms with Crippen molar-refractivity contribution >= 4 is 29.4 Å². The lowest BCUT2D eigenvalue weighted by molar-refractivity contribution is -0.113. The van der Waals surface area contributed by atoms with Gasteiger partial charge in [0, 0.05) is 60.5 Å². The first kappa shape index (κ1) is 37.9. The highest BCUT2D eigenvalue weighted by atomic mass is 32.1. The predicted molar refractivity (Wildman–Crippen MR) is 182 cm³/mol. The molecule has 0 radical (unpaired) electrons. The second kappa shape index (κ2) is 18.1. The number of aliphatic hydroxyl groups excluding tert-OH is 1. The van der Waals surface area contributed by atoms with Crippen LogP contribution in [0.5, 0.6) is 0 Å². The summed E-state index contributed by atoms with van der Waals surface area (Å²) in [5.41, 5.74) is 0.290. The quantitative estimate of drug-likeness (QED) is 0.135. The number of aldehydes is 1. The summed E-state index contributed by atoms with van der Waals surface area (Å²) in [6, 6.07) is 6.87. The van der Waals surface area contributed by atoms with Crippen LogP contribution in [0.2, 0.25) is 0 Å². The molecule has 256 valence electrons. The molecular weight excluding hydrogens is 624 g/mol. The molecule has 4 N–H and O–H groups in total. The number of benzene rings is 2. The van der Waals surface area contributed by atoms with E-state index >= 15 is 0 Å². The van der Waals surface area contributed by atoms with Crippen molar-refractivity contribution in [3.8, 4) is 10.6 Å². The maximum absolute atomic E-state index is 14.1. The monoisotopic (exact) mass is 671 g/mol. The summed E-state index contributed by atoms with van der Waals surface area (Å²) in [6.45, 7) is 11.8. The maximum Gasteiger partial charge on any atom is 0.253 e. The zero-order valence-corrected chi connectivity index (χ0v) is 28.6. The molecule has 0 aliphatic carbocycles. The molecule has 12 heteroatoms. The number of aliphatic hydroxyl groups is 1. The number of carbonyl (C=O) groups is 3. The number of hydrogen-bond acceptors (Lipinski definition) is 8. The number of hydrogen-bond donors (Lipinski definition) is 4. The Morgan fingerprint density at radius 1 is 1.02 bits per heavy atom. The Labute approximate surface area is 280 Å². The van der Waals surface area contributed by atoms with E-state index in [0.29, 0.717) is 48.2 Å². The predicted octanol–water partition coefficient (Wildman–Crippen LogP) is 4.85. The van der Waals surface area contributed by atoms with Crippen LogP contribution in [0, 0.1) is 17.6 Å². The van der Waals surface area contributed by atoms with E-state index in [1.54, 1.807) is 35.5 Å². The van der Waals surface area contributed by atoms with Crippen molar-refractivity contribution in [2.24, 2.45) is 5.92 Å². The first-order chi connectivity index (χ1) is 22.4. The zero-order valence-electron chi connectivity index (χ0n) is 27.8. The molecule has 1 aromatic heterocycles. The molecular formula is C35H47F2N5O4S. The Morgan fingerprint density at radius 2 is 1.68 bits per heavy atom. The molecule has 2 aromatic carbocycles. The third-order valence-electron chi connectivity index (χ3n) is 7.57. The van der Waals surface area contributed by atoms with Gasteiger partial charge < -0.3 is 30.8 Å². The third kappa shape index (κ3) is 11.6. The van der Waals surface area contributed by atoms with Crippen LogP contribution in [0.15, 0.2) is 48.0 Å². The summed E-state index contributed by atoms with van der Waals surface area (Å²) in [5.74, 6) is -2.01. The number of nitrogens with zero attached hydrogens (tertiary/aromatic N) is 2. The molecule has 9 nitrogen and oxygen atoms in total. The molecule has 0 saturated carbocycles. The Balaban J connectivity index is 1.93. The number of thiazole rings is 1. The zero-order chi connectivity index (χ0) is 34.6. The van der Waals surface area contributed by atoms with Gasteiger partial charge in [0.25, 0.3) is 11.8 Å². The molecule has 2 amide bonds. The van der Waals surface area contributed by atoms with Crippen molar-refractivity contribution in [3.05, 3.63) is 76.3 Å². The fraction of sp³-hybridized carbons (Fsp3) is 0.486. The topological polar surface area (TPSA) is 124 Å². The highest BCUT2D eigenvalue weighted by molar-refractivity contribution is 7.13. The third-order valence-corrected chi connectivity index (χ3v) is 8.40. The highest BCUT2D eigenvalue weighted by Gasteiger charge is 2.29. The van der Waals surface area contributed by atoms with Gasteiger partial charge in [0.15, 0.2) is 0 Å². The average Bonchev–Trinajstić information content (AvgIpc) is 3.57. The Hall–Kier alpha value is -3.58. The van der Waals surface area contributed by atoms with Crippen LogP contribution in [-0.2, 0) is 11.2 Å². The summed E-state index contributed by atoms with van der Waals surface area (Å²) in [6.07, 6.45) is 2.57. The van der Waals surface area contributed by atoms with Gasteiger partial charge in [-0.15, -0.1) is 11.3 Å². The van der Waals surface area contributed by atoms with Gasteiger partial charge in [-0.05, 0) is 74.5 Å². The van der Waals surface area contributed by atoms with E-state index in [1.165, 1.54) is 17.4 Å². The molecule has 3 rings (SSSR count). The summed E-state index contributed by atoms with van der Waals surface area (Å²) in [7, 11) is 0. The van der Waals surface area contributed by atoms with E-state index in [-0.39, 0.29) is 30.0 Å². The van der Waals surface area contributed by atoms with Gasteiger partial charge in [0.2, 0.25) is 0 Å². The molecule has 3 atom stereocenters. The molecule has 3 aromatic rings. The van der Waals surface area contributed by atoms with Crippen molar-refractivity contribution < 1.29 is 28.3 Å². The number of nitrogens with one attached hydrogen (secondary N) is 3. The SMILES string of the molecule is CCCN(CCC)C(=O)c1cc(C(=O)N[C@@H](Cc2cc(F)cc(F)c2)[C@H](O)CN[C@@](C)(C=O)CNCC(C)C)cc(-c2nccs2)c1. The fourth-order valence-corrected chi connectivity index (χ4v) is 5.80. The van der Waals surface area contributed by atoms with Crippen molar-refractivity contribution in [3.63, 3.8) is 0 Å². The van der Waals surface area contributed by atoms with E-state index in [9.17, 15) is 28.3 Å². The number of amides is 2. The van der Waals surface area contributed by atoms with Crippen LogP contribution < -0.4 is 16.0 Å². The lowest BCUT2D eigenvalue weighted by atomic mass is 9.98. The second-order valence-corrected chi connectivity index (χ2v) is 13.4. The van der Waals surface area contributed by atoms with Gasteiger partial charge in [-0.25, -0.2) is 13.8 Å². The van der Waals surface area contributed by atoms with Crippen LogP contribution >= 0.6 is 11.3 Å². The lowest BCUT2D eigenvalue weighted by Gasteiger charge is -2.30. The number of rotatable bonds is 19. The average molecular weight is 672 g/mol. The summed E-state index contributed by atoms with van der Waals surface area (Å²) in [4.78, 5) is 45.6. The Morgan fingerprint density at radius 3 is 2.26 bits per heavy atom. The van der Waals surface area contributed by atoms with E-state index in [4.69, 9.17) is 0 Å². The highest BCUT2D eigenvalue weighted by Crippen LogP contribution is 2.26. The van der Waals surface area contributed by atoms with Crippen molar-refractivity contribution in [1.29, 1.82) is 0 Å². The van der Waals surface area contributed by atoms with E-state index in [0.717, 1.165) is 37.3 Å². The van der Waals surface area contributed by atoms with E-state index in [1.807, 2.05) is 27.7 Å². The standard InChI is InChI=1S/C35H47F2N5O4S/c1-6-9-42(10-7-2)34(46)27-16-25(15-26(17-27)33-39-8-11-47-33)32(45)41-30(14-24-12-28(36)18-29(37)13-24)31(44)20-40-35(5,22-43)21-38-19-23(3)4/h8,11-13,15-18,22-23,30-31,38,40,44H,6-7,9-10,14,19-21H2,1-5H3,(H,41,45)/t30-,31+,35+/m0/s1. The minimum absolute atomic E-state index is 0.104. The van der Waals surface area contributed by atoms with Crippen molar-refractivity contribution in [2.75, 3.05) is 32.7 Å². The van der Waals surface area contributed by atoms with Crippen LogP contribution in [-0.4, -0.2) is 83.5 Å². The van der Waals surface area contributed by atoms with Crippen LogP contribution in [0.3, 0.4) is 0 Å². The van der Waals surface area contributed by atoms with Gasteiger partial charge in [-0.3, -0.25) is 9.59 Å². The molecule has 0 saturated heterocycles. The number of carbonyl (C=O) groups excluding carboxylic acids is 3. The number of halogens is 2. The molecule has 0 spiro atoms. The summed E-state index contributed by atoms with van der Waals surface area (Å²) in [5, 5.41) is 22.9. The molecule has 0 bridgehead atoms. The lowest BCUT2D eigenvalue weighted by Crippen LogP contribution is -2.57. The molecule has 47 heavy (non-hydrogen) atoms. The normalized spacial score (nSPS) is 14.0. The van der Waals surface area contributed by atoms with Gasteiger partial charge >= 0.3 is 0 Å². The summed E-state index contributed by atoms with van der Waals surface area (Å²) < 4.78 is 28.2. The van der Waals surface area contributed by atoms with Crippen LogP contribution in [0.1, 0.15) is 73.7 Å². The van der Waals surface area contributed by atoms with Crippen molar-refractivity contribution in [2.45, 2.75) is 71.6 Å². The van der Waals surface area contributed by atoms with Gasteiger partial charge in [-0.1, -0.05) is 27.7 Å². The molecule has 0 aliphatic heterocycles.